The summed E-state index contributed by atoms with van der Waals surface area (Å²) >= 11 is 6.11. The van der Waals surface area contributed by atoms with Crippen LogP contribution in [0.3, 0.4) is 0 Å². The number of aromatic nitrogens is 3. The molecule has 2 aromatic heterocycles. The molecule has 0 radical (unpaired) electrons. The third-order valence-electron chi connectivity index (χ3n) is 5.50. The number of likely N-dealkylation sites (tertiary alicyclic amines) is 1. The second kappa shape index (κ2) is 11.1. The molecular formula is C26H29ClN6O. The monoisotopic (exact) mass is 476 g/mol. The van der Waals surface area contributed by atoms with Crippen molar-refractivity contribution in [1.82, 2.24) is 24.8 Å². The lowest BCUT2D eigenvalue weighted by Crippen LogP contribution is -2.25. The molecule has 34 heavy (non-hydrogen) atoms. The van der Waals surface area contributed by atoms with E-state index in [1.165, 1.54) is 0 Å². The lowest BCUT2D eigenvalue weighted by atomic mass is 10.2. The van der Waals surface area contributed by atoms with Crippen molar-refractivity contribution in [3.05, 3.63) is 71.8 Å². The van der Waals surface area contributed by atoms with E-state index in [4.69, 9.17) is 16.3 Å². The van der Waals surface area contributed by atoms with Crippen LogP contribution in [0, 0.1) is 11.8 Å². The number of allylic oxidation sites excluding steroid dienone is 1. The largest absolute Gasteiger partial charge is 0.479 e. The number of para-hydroxylation sites is 1. The van der Waals surface area contributed by atoms with Crippen molar-refractivity contribution in [3.8, 4) is 17.6 Å². The fraction of sp³-hybridized carbons (Fsp3) is 0.308. The summed E-state index contributed by atoms with van der Waals surface area (Å²) in [7, 11) is 4.11. The number of hydrogen-bond acceptors (Lipinski definition) is 6. The Labute approximate surface area is 205 Å². The zero-order valence-corrected chi connectivity index (χ0v) is 20.3. The molecule has 1 saturated heterocycles. The van der Waals surface area contributed by atoms with Gasteiger partial charge in [0.1, 0.15) is 30.1 Å². The average Bonchev–Trinajstić information content (AvgIpc) is 3.45. The zero-order chi connectivity index (χ0) is 23.9. The molecular weight excluding hydrogens is 448 g/mol. The number of anilines is 1. The predicted molar refractivity (Wildman–Crippen MR) is 138 cm³/mol. The number of rotatable bonds is 8. The maximum atomic E-state index is 6.11. The summed E-state index contributed by atoms with van der Waals surface area (Å²) in [5.74, 6) is 7.54. The van der Waals surface area contributed by atoms with E-state index in [-0.39, 0.29) is 12.6 Å². The third kappa shape index (κ3) is 6.10. The Morgan fingerprint density at radius 3 is 3.06 bits per heavy atom. The first-order chi connectivity index (χ1) is 16.5. The van der Waals surface area contributed by atoms with Crippen molar-refractivity contribution < 1.29 is 4.74 Å². The molecule has 1 fully saturated rings. The molecule has 3 heterocycles. The van der Waals surface area contributed by atoms with Gasteiger partial charge in [-0.15, -0.1) is 0 Å². The van der Waals surface area contributed by atoms with Crippen LogP contribution in [0.25, 0.3) is 11.0 Å². The Morgan fingerprint density at radius 2 is 2.24 bits per heavy atom. The van der Waals surface area contributed by atoms with Gasteiger partial charge in [0.15, 0.2) is 0 Å². The number of fused-ring (bicyclic) bond motifs is 1. The summed E-state index contributed by atoms with van der Waals surface area (Å²) in [4.78, 5) is 16.5. The van der Waals surface area contributed by atoms with Gasteiger partial charge in [0.05, 0.1) is 16.1 Å². The van der Waals surface area contributed by atoms with Crippen LogP contribution in [0.5, 0.6) is 5.75 Å². The summed E-state index contributed by atoms with van der Waals surface area (Å²) in [6.07, 6.45) is 6.81. The summed E-state index contributed by atoms with van der Waals surface area (Å²) in [5.41, 5.74) is 2.55. The molecule has 4 rings (SSSR count). The number of H-pyrrole nitrogens is 1. The van der Waals surface area contributed by atoms with Gasteiger partial charge >= 0.3 is 0 Å². The van der Waals surface area contributed by atoms with Crippen LogP contribution in [-0.2, 0) is 0 Å². The number of halogens is 1. The quantitative estimate of drug-likeness (QED) is 0.376. The molecule has 1 atom stereocenters. The molecule has 0 amide bonds. The second-order valence-electron chi connectivity index (χ2n) is 8.42. The highest BCUT2D eigenvalue weighted by Crippen LogP contribution is 2.24. The summed E-state index contributed by atoms with van der Waals surface area (Å²) < 4.78 is 5.63. The van der Waals surface area contributed by atoms with Gasteiger partial charge in [0.2, 0.25) is 0 Å². The molecule has 0 unspecified atom stereocenters. The van der Waals surface area contributed by atoms with Gasteiger partial charge in [0, 0.05) is 31.4 Å². The Morgan fingerprint density at radius 1 is 1.38 bits per heavy atom. The molecule has 7 nitrogen and oxygen atoms in total. The summed E-state index contributed by atoms with van der Waals surface area (Å²) in [6.45, 7) is 7.20. The van der Waals surface area contributed by atoms with Gasteiger partial charge in [-0.3, -0.25) is 0 Å². The van der Waals surface area contributed by atoms with Crippen LogP contribution in [-0.4, -0.2) is 71.1 Å². The van der Waals surface area contributed by atoms with Crippen molar-refractivity contribution in [1.29, 1.82) is 0 Å². The SMILES string of the molecule is C=C(/C=C/CN(C)C)N1CC[C@@H](Nc2ncnc3[nH]c(C#CCOc4ccccc4Cl)cc23)C1. The highest BCUT2D eigenvalue weighted by molar-refractivity contribution is 6.32. The van der Waals surface area contributed by atoms with Crippen molar-refractivity contribution in [2.24, 2.45) is 0 Å². The van der Waals surface area contributed by atoms with Gasteiger partial charge in [-0.05, 0) is 50.7 Å². The number of nitrogens with zero attached hydrogens (tertiary/aromatic N) is 4. The standard InChI is InChI=1S/C26H29ClN6O/c1-19(8-6-13-32(2)3)33-14-12-21(17-33)31-26-22-16-20(30-25(22)28-18-29-26)9-7-15-34-24-11-5-4-10-23(24)27/h4-6,8,10-11,16,18,21H,1,12-15,17H2,2-3H3,(H2,28,29,30,31)/b8-6+/t21-/m1/s1. The van der Waals surface area contributed by atoms with Crippen LogP contribution in [0.15, 0.2) is 61.1 Å². The maximum Gasteiger partial charge on any atom is 0.149 e. The fourth-order valence-corrected chi connectivity index (χ4v) is 3.96. The van der Waals surface area contributed by atoms with Crippen molar-refractivity contribution >= 4 is 28.5 Å². The zero-order valence-electron chi connectivity index (χ0n) is 19.5. The van der Waals surface area contributed by atoms with Gasteiger partial charge in [-0.2, -0.15) is 0 Å². The molecule has 0 spiro atoms. The summed E-state index contributed by atoms with van der Waals surface area (Å²) in [6, 6.07) is 9.60. The molecule has 1 aliphatic heterocycles. The van der Waals surface area contributed by atoms with Gasteiger partial charge in [0.25, 0.3) is 0 Å². The smallest absolute Gasteiger partial charge is 0.149 e. The first-order valence-corrected chi connectivity index (χ1v) is 11.6. The third-order valence-corrected chi connectivity index (χ3v) is 5.81. The highest BCUT2D eigenvalue weighted by atomic mass is 35.5. The number of benzene rings is 1. The average molecular weight is 477 g/mol. The number of likely N-dealkylation sites (N-methyl/N-ethyl adjacent to an activating group) is 1. The molecule has 0 bridgehead atoms. The highest BCUT2D eigenvalue weighted by Gasteiger charge is 2.23. The molecule has 2 N–H and O–H groups in total. The van der Waals surface area contributed by atoms with E-state index in [2.05, 4.69) is 74.7 Å². The van der Waals surface area contributed by atoms with E-state index in [0.717, 1.165) is 54.3 Å². The van der Waals surface area contributed by atoms with Gasteiger partial charge < -0.3 is 24.8 Å². The Balaban J connectivity index is 1.37. The van der Waals surface area contributed by atoms with Gasteiger partial charge in [-0.1, -0.05) is 42.3 Å². The van der Waals surface area contributed by atoms with Crippen LogP contribution >= 0.6 is 11.6 Å². The van der Waals surface area contributed by atoms with E-state index in [1.807, 2.05) is 24.3 Å². The van der Waals surface area contributed by atoms with Crippen LogP contribution in [0.2, 0.25) is 5.02 Å². The van der Waals surface area contributed by atoms with Crippen molar-refractivity contribution in [2.75, 3.05) is 45.7 Å². The number of aromatic amines is 1. The molecule has 176 valence electrons. The van der Waals surface area contributed by atoms with E-state index in [1.54, 1.807) is 12.4 Å². The van der Waals surface area contributed by atoms with Crippen molar-refractivity contribution in [2.45, 2.75) is 12.5 Å². The topological polar surface area (TPSA) is 69.3 Å². The van der Waals surface area contributed by atoms with E-state index in [9.17, 15) is 0 Å². The fourth-order valence-electron chi connectivity index (χ4n) is 3.77. The molecule has 8 heteroatoms. The Kier molecular flexibility index (Phi) is 7.73. The normalized spacial score (nSPS) is 15.6. The minimum absolute atomic E-state index is 0.237. The molecule has 1 aromatic carbocycles. The first kappa shape index (κ1) is 23.7. The molecule has 1 aliphatic rings. The number of hydrogen-bond donors (Lipinski definition) is 2. The van der Waals surface area contributed by atoms with Gasteiger partial charge in [-0.25, -0.2) is 9.97 Å². The van der Waals surface area contributed by atoms with Crippen LogP contribution in [0.4, 0.5) is 5.82 Å². The minimum atomic E-state index is 0.237. The maximum absolute atomic E-state index is 6.11. The number of ether oxygens (including phenoxy) is 1. The number of nitrogens with one attached hydrogen (secondary N) is 2. The van der Waals surface area contributed by atoms with Crippen LogP contribution in [0.1, 0.15) is 12.1 Å². The molecule has 0 saturated carbocycles. The second-order valence-corrected chi connectivity index (χ2v) is 8.83. The minimum Gasteiger partial charge on any atom is -0.479 e. The lowest BCUT2D eigenvalue weighted by Gasteiger charge is -2.19. The van der Waals surface area contributed by atoms with E-state index < -0.39 is 0 Å². The predicted octanol–water partition coefficient (Wildman–Crippen LogP) is 4.16. The lowest BCUT2D eigenvalue weighted by molar-refractivity contribution is 0.370. The van der Waals surface area contributed by atoms with E-state index in [0.29, 0.717) is 10.8 Å². The Hall–Kier alpha value is -3.47. The molecule has 3 aromatic rings. The summed E-state index contributed by atoms with van der Waals surface area (Å²) in [5, 5.41) is 5.07. The van der Waals surface area contributed by atoms with Crippen LogP contribution < -0.4 is 10.1 Å². The first-order valence-electron chi connectivity index (χ1n) is 11.2. The van der Waals surface area contributed by atoms with Crippen molar-refractivity contribution in [3.63, 3.8) is 0 Å². The molecule has 0 aliphatic carbocycles. The van der Waals surface area contributed by atoms with E-state index >= 15 is 0 Å². The Bertz CT molecular complexity index is 1240.